The van der Waals surface area contributed by atoms with E-state index in [0.717, 1.165) is 18.7 Å². The number of oxazole rings is 1. The van der Waals surface area contributed by atoms with Gasteiger partial charge in [0.25, 0.3) is 0 Å². The van der Waals surface area contributed by atoms with Crippen LogP contribution in [0.25, 0.3) is 11.5 Å². The number of aryl methyl sites for hydroxylation is 1. The summed E-state index contributed by atoms with van der Waals surface area (Å²) in [5.74, 6) is 1.15. The van der Waals surface area contributed by atoms with Gasteiger partial charge >= 0.3 is 0 Å². The van der Waals surface area contributed by atoms with Gasteiger partial charge in [-0.05, 0) is 45.0 Å². The van der Waals surface area contributed by atoms with Crippen LogP contribution in [0.1, 0.15) is 24.8 Å². The summed E-state index contributed by atoms with van der Waals surface area (Å²) in [5, 5.41) is 2.87. The highest BCUT2D eigenvalue weighted by Crippen LogP contribution is 2.29. The smallest absolute Gasteiger partial charge is 0.229 e. The molecule has 1 saturated heterocycles. The molecule has 6 nitrogen and oxygen atoms in total. The lowest BCUT2D eigenvalue weighted by Crippen LogP contribution is -2.32. The zero-order valence-electron chi connectivity index (χ0n) is 15.3. The fraction of sp³-hybridized carbons (Fsp3) is 0.474. The molecule has 1 atom stereocenters. The number of methoxy groups -OCH3 is 1. The van der Waals surface area contributed by atoms with Gasteiger partial charge in [-0.2, -0.15) is 0 Å². The van der Waals surface area contributed by atoms with Crippen LogP contribution in [-0.4, -0.2) is 42.5 Å². The molecule has 0 aliphatic carbocycles. The summed E-state index contributed by atoms with van der Waals surface area (Å²) in [6, 6.07) is 4.47. The maximum absolute atomic E-state index is 14.1. The van der Waals surface area contributed by atoms with Gasteiger partial charge in [-0.3, -0.25) is 9.69 Å². The fourth-order valence-corrected chi connectivity index (χ4v) is 3.21. The molecule has 2 heterocycles. The molecule has 1 aromatic carbocycles. The Kier molecular flexibility index (Phi) is 5.56. The van der Waals surface area contributed by atoms with Gasteiger partial charge in [0, 0.05) is 19.6 Å². The molecule has 0 bridgehead atoms. The molecule has 1 aliphatic heterocycles. The van der Waals surface area contributed by atoms with Crippen molar-refractivity contribution in [3.05, 3.63) is 35.5 Å². The van der Waals surface area contributed by atoms with Crippen LogP contribution in [0.15, 0.2) is 22.6 Å². The molecule has 26 heavy (non-hydrogen) atoms. The summed E-state index contributed by atoms with van der Waals surface area (Å²) in [6.07, 6.45) is 0.833. The minimum Gasteiger partial charge on any atom is -0.497 e. The Morgan fingerprint density at radius 2 is 2.31 bits per heavy atom. The molecule has 140 valence electrons. The Labute approximate surface area is 152 Å². The number of rotatable bonds is 6. The minimum absolute atomic E-state index is 0.0115. The van der Waals surface area contributed by atoms with E-state index >= 15 is 0 Å². The molecule has 1 aromatic heterocycles. The number of halogens is 1. The van der Waals surface area contributed by atoms with Crippen LogP contribution < -0.4 is 10.1 Å². The first-order valence-corrected chi connectivity index (χ1v) is 8.82. The Morgan fingerprint density at radius 1 is 1.50 bits per heavy atom. The molecule has 0 unspecified atom stereocenters. The summed E-state index contributed by atoms with van der Waals surface area (Å²) in [4.78, 5) is 18.6. The third-order valence-electron chi connectivity index (χ3n) is 4.66. The lowest BCUT2D eigenvalue weighted by Gasteiger charge is -2.14. The lowest BCUT2D eigenvalue weighted by atomic mass is 10.1. The number of hydrogen-bond acceptors (Lipinski definition) is 5. The molecule has 3 rings (SSSR count). The van der Waals surface area contributed by atoms with Crippen LogP contribution in [0.3, 0.4) is 0 Å². The van der Waals surface area contributed by atoms with Crippen molar-refractivity contribution in [3.8, 4) is 17.2 Å². The second-order valence-corrected chi connectivity index (χ2v) is 6.48. The van der Waals surface area contributed by atoms with Crippen LogP contribution in [-0.2, 0) is 11.3 Å². The highest BCUT2D eigenvalue weighted by molar-refractivity contribution is 5.79. The number of nitrogens with one attached hydrogen (secondary N) is 1. The van der Waals surface area contributed by atoms with Gasteiger partial charge in [0.2, 0.25) is 11.8 Å². The molecule has 0 radical (unpaired) electrons. The second-order valence-electron chi connectivity index (χ2n) is 6.48. The minimum atomic E-state index is -0.406. The summed E-state index contributed by atoms with van der Waals surface area (Å²) in [6.45, 7) is 6.49. The number of benzene rings is 1. The third kappa shape index (κ3) is 3.88. The summed E-state index contributed by atoms with van der Waals surface area (Å²) in [5.41, 5.74) is 1.04. The SMILES string of the molecule is CCNC(=O)[C@H]1CCN(Cc2nc(-c3cc(OC)ccc3F)oc2C)C1. The zero-order valence-corrected chi connectivity index (χ0v) is 15.3. The van der Waals surface area contributed by atoms with E-state index in [1.54, 1.807) is 12.1 Å². The molecule has 1 fully saturated rings. The average Bonchev–Trinajstić information content (AvgIpc) is 3.23. The monoisotopic (exact) mass is 361 g/mol. The zero-order chi connectivity index (χ0) is 18.7. The van der Waals surface area contributed by atoms with E-state index in [1.807, 2.05) is 13.8 Å². The van der Waals surface area contributed by atoms with Crippen molar-refractivity contribution < 1.29 is 18.3 Å². The molecule has 0 spiro atoms. The van der Waals surface area contributed by atoms with E-state index in [1.165, 1.54) is 13.2 Å². The topological polar surface area (TPSA) is 67.6 Å². The highest BCUT2D eigenvalue weighted by atomic mass is 19.1. The largest absolute Gasteiger partial charge is 0.497 e. The highest BCUT2D eigenvalue weighted by Gasteiger charge is 2.29. The van der Waals surface area contributed by atoms with Crippen molar-refractivity contribution in [1.82, 2.24) is 15.2 Å². The van der Waals surface area contributed by atoms with E-state index in [9.17, 15) is 9.18 Å². The molecular formula is C19H24FN3O3. The third-order valence-corrected chi connectivity index (χ3v) is 4.66. The van der Waals surface area contributed by atoms with Crippen molar-refractivity contribution in [2.45, 2.75) is 26.8 Å². The van der Waals surface area contributed by atoms with Crippen LogP contribution in [0.5, 0.6) is 5.75 Å². The number of nitrogens with zero attached hydrogens (tertiary/aromatic N) is 2. The molecular weight excluding hydrogens is 337 g/mol. The molecule has 0 saturated carbocycles. The van der Waals surface area contributed by atoms with Gasteiger partial charge in [-0.25, -0.2) is 9.37 Å². The normalized spacial score (nSPS) is 17.5. The van der Waals surface area contributed by atoms with Crippen molar-refractivity contribution >= 4 is 5.91 Å². The number of carbonyl (C=O) groups excluding carboxylic acids is 1. The van der Waals surface area contributed by atoms with Gasteiger partial charge in [0.05, 0.1) is 24.3 Å². The van der Waals surface area contributed by atoms with Gasteiger partial charge in [-0.1, -0.05) is 0 Å². The molecule has 1 amide bonds. The maximum Gasteiger partial charge on any atom is 0.229 e. The van der Waals surface area contributed by atoms with Crippen LogP contribution >= 0.6 is 0 Å². The fourth-order valence-electron chi connectivity index (χ4n) is 3.21. The average molecular weight is 361 g/mol. The standard InChI is InChI=1S/C19H24FN3O3/c1-4-21-18(24)13-7-8-23(10-13)11-17-12(2)26-19(22-17)15-9-14(25-3)5-6-16(15)20/h5-6,9,13H,4,7-8,10-11H2,1-3H3,(H,21,24)/t13-/m0/s1. The van der Waals surface area contributed by atoms with Crippen LogP contribution in [0.4, 0.5) is 4.39 Å². The lowest BCUT2D eigenvalue weighted by molar-refractivity contribution is -0.124. The van der Waals surface area contributed by atoms with Crippen molar-refractivity contribution in [2.75, 3.05) is 26.7 Å². The van der Waals surface area contributed by atoms with Crippen molar-refractivity contribution in [3.63, 3.8) is 0 Å². The first kappa shape index (κ1) is 18.4. The van der Waals surface area contributed by atoms with Crippen molar-refractivity contribution in [1.29, 1.82) is 0 Å². The predicted molar refractivity (Wildman–Crippen MR) is 95.3 cm³/mol. The predicted octanol–water partition coefficient (Wildman–Crippen LogP) is 2.76. The number of aromatic nitrogens is 1. The van der Waals surface area contributed by atoms with E-state index in [4.69, 9.17) is 9.15 Å². The van der Waals surface area contributed by atoms with Crippen LogP contribution in [0.2, 0.25) is 0 Å². The first-order valence-electron chi connectivity index (χ1n) is 8.82. The molecule has 2 aromatic rings. The Bertz CT molecular complexity index is 790. The van der Waals surface area contributed by atoms with E-state index in [2.05, 4.69) is 15.2 Å². The number of ether oxygens (including phenoxy) is 1. The van der Waals surface area contributed by atoms with Crippen LogP contribution in [0, 0.1) is 18.7 Å². The maximum atomic E-state index is 14.1. The van der Waals surface area contributed by atoms with E-state index in [0.29, 0.717) is 31.1 Å². The van der Waals surface area contributed by atoms with Gasteiger partial charge in [-0.15, -0.1) is 0 Å². The summed E-state index contributed by atoms with van der Waals surface area (Å²) < 4.78 is 25.0. The summed E-state index contributed by atoms with van der Waals surface area (Å²) in [7, 11) is 1.53. The number of carbonyl (C=O) groups is 1. The number of likely N-dealkylation sites (tertiary alicyclic amines) is 1. The molecule has 1 aliphatic rings. The number of hydrogen-bond donors (Lipinski definition) is 1. The Balaban J connectivity index is 1.73. The van der Waals surface area contributed by atoms with Gasteiger partial charge in [0.15, 0.2) is 0 Å². The van der Waals surface area contributed by atoms with Crippen molar-refractivity contribution in [2.24, 2.45) is 5.92 Å². The summed E-state index contributed by atoms with van der Waals surface area (Å²) >= 11 is 0. The Morgan fingerprint density at radius 3 is 3.04 bits per heavy atom. The second kappa shape index (κ2) is 7.86. The Hall–Kier alpha value is -2.41. The van der Waals surface area contributed by atoms with E-state index in [-0.39, 0.29) is 23.3 Å². The first-order chi connectivity index (χ1) is 12.5. The number of amides is 1. The molecule has 7 heteroatoms. The van der Waals surface area contributed by atoms with Gasteiger partial charge in [0.1, 0.15) is 17.3 Å². The van der Waals surface area contributed by atoms with Gasteiger partial charge < -0.3 is 14.5 Å². The van der Waals surface area contributed by atoms with E-state index < -0.39 is 5.82 Å². The molecule has 1 N–H and O–H groups in total. The quantitative estimate of drug-likeness (QED) is 0.857.